The maximum Gasteiger partial charge on any atom is 0.191 e. The molecule has 0 bridgehead atoms. The van der Waals surface area contributed by atoms with Crippen LogP contribution < -0.4 is 10.6 Å². The van der Waals surface area contributed by atoms with Crippen LogP contribution in [0, 0.1) is 0 Å². The number of hydrogen-bond acceptors (Lipinski definition) is 5. The van der Waals surface area contributed by atoms with Gasteiger partial charge in [0.05, 0.1) is 6.10 Å². The van der Waals surface area contributed by atoms with Crippen LogP contribution in [0.5, 0.6) is 0 Å². The largest absolute Gasteiger partial charge is 0.386 e. The average Bonchev–Trinajstić information content (AvgIpc) is 3.10. The number of aliphatic hydroxyl groups is 1. The molecule has 0 amide bonds. The highest BCUT2D eigenvalue weighted by atomic mass is 32.1. The predicted molar refractivity (Wildman–Crippen MR) is 115 cm³/mol. The summed E-state index contributed by atoms with van der Waals surface area (Å²) < 4.78 is 6.99. The van der Waals surface area contributed by atoms with Crippen LogP contribution in [-0.2, 0) is 4.74 Å². The third kappa shape index (κ3) is 7.10. The Morgan fingerprint density at radius 2 is 2.00 bits per heavy atom. The lowest BCUT2D eigenvalue weighted by Crippen LogP contribution is -2.43. The molecule has 150 valence electrons. The highest BCUT2D eigenvalue weighted by Gasteiger charge is 2.13. The van der Waals surface area contributed by atoms with Gasteiger partial charge >= 0.3 is 0 Å². The highest BCUT2D eigenvalue weighted by molar-refractivity contribution is 7.19. The van der Waals surface area contributed by atoms with Gasteiger partial charge < -0.3 is 25.4 Å². The van der Waals surface area contributed by atoms with Crippen LogP contribution in [0.2, 0.25) is 0 Å². The molecule has 0 aliphatic heterocycles. The Morgan fingerprint density at radius 3 is 2.67 bits per heavy atom. The first-order valence-corrected chi connectivity index (χ1v) is 10.2. The molecule has 0 saturated carbocycles. The van der Waals surface area contributed by atoms with Gasteiger partial charge in [-0.2, -0.15) is 0 Å². The fourth-order valence-corrected chi connectivity index (χ4v) is 3.82. The average molecular weight is 393 g/mol. The van der Waals surface area contributed by atoms with Gasteiger partial charge in [-0.3, -0.25) is 4.99 Å². The third-order valence-electron chi connectivity index (χ3n) is 4.26. The van der Waals surface area contributed by atoms with E-state index in [4.69, 9.17) is 4.74 Å². The summed E-state index contributed by atoms with van der Waals surface area (Å²) in [5.74, 6) is 0.671. The van der Waals surface area contributed by atoms with E-state index in [2.05, 4.69) is 52.8 Å². The fraction of sp³-hybridized carbons (Fsp3) is 0.550. The molecule has 1 aromatic heterocycles. The molecule has 0 radical (unpaired) electrons. The summed E-state index contributed by atoms with van der Waals surface area (Å²) in [7, 11) is 5.86. The second kappa shape index (κ2) is 11.2. The van der Waals surface area contributed by atoms with Gasteiger partial charge in [-0.15, -0.1) is 11.3 Å². The second-order valence-electron chi connectivity index (χ2n) is 6.71. The molecule has 0 saturated heterocycles. The monoisotopic (exact) mass is 392 g/mol. The first kappa shape index (κ1) is 21.6. The van der Waals surface area contributed by atoms with E-state index in [1.54, 1.807) is 18.4 Å². The van der Waals surface area contributed by atoms with E-state index >= 15 is 0 Å². The molecular weight excluding hydrogens is 360 g/mol. The molecule has 3 N–H and O–H groups in total. The zero-order valence-corrected chi connectivity index (χ0v) is 17.6. The van der Waals surface area contributed by atoms with Crippen LogP contribution in [0.15, 0.2) is 35.3 Å². The number of hydrogen-bond donors (Lipinski definition) is 3. The number of ether oxygens (including phenoxy) is 1. The van der Waals surface area contributed by atoms with Gasteiger partial charge in [0.25, 0.3) is 0 Å². The molecule has 1 aromatic carbocycles. The topological polar surface area (TPSA) is 69.1 Å². The Morgan fingerprint density at radius 1 is 1.26 bits per heavy atom. The van der Waals surface area contributed by atoms with E-state index in [0.29, 0.717) is 25.7 Å². The van der Waals surface area contributed by atoms with Crippen molar-refractivity contribution in [1.29, 1.82) is 0 Å². The third-order valence-corrected chi connectivity index (χ3v) is 5.47. The lowest BCUT2D eigenvalue weighted by atomic mass is 10.2. The van der Waals surface area contributed by atoms with Crippen LogP contribution in [-0.4, -0.2) is 69.5 Å². The zero-order valence-electron chi connectivity index (χ0n) is 16.7. The molecule has 2 aromatic rings. The molecule has 0 fully saturated rings. The van der Waals surface area contributed by atoms with Gasteiger partial charge in [0.1, 0.15) is 6.10 Å². The van der Waals surface area contributed by atoms with Crippen LogP contribution in [0.3, 0.4) is 0 Å². The second-order valence-corrected chi connectivity index (χ2v) is 7.82. The first-order chi connectivity index (χ1) is 13.0. The van der Waals surface area contributed by atoms with Crippen molar-refractivity contribution in [3.63, 3.8) is 0 Å². The van der Waals surface area contributed by atoms with Crippen molar-refractivity contribution in [3.8, 4) is 0 Å². The number of nitrogens with one attached hydrogen (secondary N) is 2. The van der Waals surface area contributed by atoms with Gasteiger partial charge in [-0.1, -0.05) is 18.2 Å². The van der Waals surface area contributed by atoms with Crippen molar-refractivity contribution in [2.75, 3.05) is 47.4 Å². The van der Waals surface area contributed by atoms with E-state index in [1.807, 2.05) is 19.1 Å². The summed E-state index contributed by atoms with van der Waals surface area (Å²) in [4.78, 5) is 7.35. The highest BCUT2D eigenvalue weighted by Crippen LogP contribution is 2.29. The summed E-state index contributed by atoms with van der Waals surface area (Å²) in [5.41, 5.74) is 0. The Labute approximate surface area is 166 Å². The Balaban J connectivity index is 1.83. The first-order valence-electron chi connectivity index (χ1n) is 9.40. The number of rotatable bonds is 10. The number of aliphatic imine (C=N–C) groups is 1. The van der Waals surface area contributed by atoms with Crippen molar-refractivity contribution in [1.82, 2.24) is 15.5 Å². The van der Waals surface area contributed by atoms with Gasteiger partial charge in [0, 0.05) is 42.9 Å². The standard InChI is InChI=1S/C20H32N4O2S/c1-5-26-16(10-11-24(3)4)13-22-20(21-2)23-14-17(25)19-12-15-8-6-7-9-18(15)27-19/h6-9,12,16-17,25H,5,10-11,13-14H2,1-4H3,(H2,21,22,23). The number of fused-ring (bicyclic) bond motifs is 1. The normalized spacial score (nSPS) is 14.5. The molecular formula is C20H32N4O2S. The summed E-state index contributed by atoms with van der Waals surface area (Å²) in [6, 6.07) is 10.2. The molecule has 1 heterocycles. The van der Waals surface area contributed by atoms with Crippen LogP contribution in [0.1, 0.15) is 24.3 Å². The Bertz CT molecular complexity index is 684. The summed E-state index contributed by atoms with van der Waals surface area (Å²) >= 11 is 1.62. The molecule has 0 aliphatic carbocycles. The van der Waals surface area contributed by atoms with E-state index in [9.17, 15) is 5.11 Å². The van der Waals surface area contributed by atoms with Gasteiger partial charge in [0.15, 0.2) is 5.96 Å². The van der Waals surface area contributed by atoms with Crippen molar-refractivity contribution in [3.05, 3.63) is 35.2 Å². The van der Waals surface area contributed by atoms with E-state index in [0.717, 1.165) is 17.8 Å². The van der Waals surface area contributed by atoms with E-state index < -0.39 is 6.10 Å². The minimum Gasteiger partial charge on any atom is -0.386 e. The Kier molecular flexibility index (Phi) is 9.00. The molecule has 0 aliphatic rings. The number of nitrogens with zero attached hydrogens (tertiary/aromatic N) is 2. The maximum absolute atomic E-state index is 10.5. The molecule has 2 atom stereocenters. The van der Waals surface area contributed by atoms with Gasteiger partial charge in [0.2, 0.25) is 0 Å². The van der Waals surface area contributed by atoms with E-state index in [1.165, 1.54) is 10.1 Å². The lowest BCUT2D eigenvalue weighted by Gasteiger charge is -2.21. The number of thiophene rings is 1. The number of guanidine groups is 1. The molecule has 7 heteroatoms. The van der Waals surface area contributed by atoms with Crippen LogP contribution in [0.25, 0.3) is 10.1 Å². The molecule has 6 nitrogen and oxygen atoms in total. The minimum atomic E-state index is -0.572. The lowest BCUT2D eigenvalue weighted by molar-refractivity contribution is 0.0548. The SMILES string of the molecule is CCOC(CCN(C)C)CNC(=NC)NCC(O)c1cc2ccccc2s1. The molecule has 2 rings (SSSR count). The number of aliphatic hydroxyl groups excluding tert-OH is 1. The quantitative estimate of drug-likeness (QED) is 0.428. The van der Waals surface area contributed by atoms with Crippen molar-refractivity contribution in [2.45, 2.75) is 25.6 Å². The van der Waals surface area contributed by atoms with Gasteiger partial charge in [-0.05, 0) is 45.0 Å². The summed E-state index contributed by atoms with van der Waals surface area (Å²) in [6.07, 6.45) is 0.510. The minimum absolute atomic E-state index is 0.128. The van der Waals surface area contributed by atoms with Gasteiger partial charge in [-0.25, -0.2) is 0 Å². The number of benzene rings is 1. The molecule has 2 unspecified atom stereocenters. The molecule has 0 spiro atoms. The maximum atomic E-state index is 10.5. The fourth-order valence-electron chi connectivity index (χ4n) is 2.77. The zero-order chi connectivity index (χ0) is 19.6. The summed E-state index contributed by atoms with van der Waals surface area (Å²) in [5, 5.41) is 18.2. The van der Waals surface area contributed by atoms with Crippen molar-refractivity contribution < 1.29 is 9.84 Å². The molecule has 27 heavy (non-hydrogen) atoms. The van der Waals surface area contributed by atoms with Crippen LogP contribution in [0.4, 0.5) is 0 Å². The van der Waals surface area contributed by atoms with E-state index in [-0.39, 0.29) is 6.10 Å². The predicted octanol–water partition coefficient (Wildman–Crippen LogP) is 2.46. The van der Waals surface area contributed by atoms with Crippen molar-refractivity contribution >= 4 is 27.4 Å². The Hall–Kier alpha value is -1.67. The van der Waals surface area contributed by atoms with Crippen molar-refractivity contribution in [2.24, 2.45) is 4.99 Å². The smallest absolute Gasteiger partial charge is 0.191 e. The van der Waals surface area contributed by atoms with Crippen LogP contribution >= 0.6 is 11.3 Å². The summed E-state index contributed by atoms with van der Waals surface area (Å²) in [6.45, 7) is 4.76.